The second kappa shape index (κ2) is 5.73. The minimum Gasteiger partial charge on any atom is -0.493 e. The predicted octanol–water partition coefficient (Wildman–Crippen LogP) is 1.30. The zero-order chi connectivity index (χ0) is 13.8. The first-order valence-corrected chi connectivity index (χ1v) is 5.61. The van der Waals surface area contributed by atoms with Crippen LogP contribution in [-0.4, -0.2) is 31.8 Å². The fourth-order valence-electron chi connectivity index (χ4n) is 1.68. The molecule has 3 N–H and O–H groups in total. The van der Waals surface area contributed by atoms with Gasteiger partial charge in [-0.05, 0) is 31.0 Å². The molecule has 5 nitrogen and oxygen atoms in total. The first kappa shape index (κ1) is 14.3. The highest BCUT2D eigenvalue weighted by Crippen LogP contribution is 2.30. The molecule has 0 spiro atoms. The molecule has 0 aliphatic heterocycles. The summed E-state index contributed by atoms with van der Waals surface area (Å²) in [5, 5.41) is 9.19. The molecule has 0 aliphatic rings. The number of carboxylic acid groups (broad SMARTS) is 1. The third-order valence-corrected chi connectivity index (χ3v) is 3.01. The zero-order valence-electron chi connectivity index (χ0n) is 10.9. The molecule has 0 bridgehead atoms. The second-order valence-electron chi connectivity index (χ2n) is 4.44. The van der Waals surface area contributed by atoms with Crippen LogP contribution in [0.15, 0.2) is 18.2 Å². The maximum Gasteiger partial charge on any atom is 0.310 e. The van der Waals surface area contributed by atoms with Gasteiger partial charge in [0.1, 0.15) is 0 Å². The lowest BCUT2D eigenvalue weighted by Gasteiger charge is -2.23. The Morgan fingerprint density at radius 1 is 1.33 bits per heavy atom. The number of hydrogen-bond donors (Lipinski definition) is 2. The number of ether oxygens (including phenoxy) is 2. The molecule has 0 amide bonds. The maximum absolute atomic E-state index is 11.2. The Labute approximate surface area is 107 Å². The molecule has 1 atom stereocenters. The van der Waals surface area contributed by atoms with E-state index in [0.717, 1.165) is 5.56 Å². The van der Waals surface area contributed by atoms with Crippen molar-refractivity contribution < 1.29 is 19.4 Å². The van der Waals surface area contributed by atoms with E-state index < -0.39 is 11.4 Å². The molecular formula is C13H19NO4. The molecule has 1 aromatic rings. The second-order valence-corrected chi connectivity index (χ2v) is 4.44. The van der Waals surface area contributed by atoms with Crippen LogP contribution in [0.25, 0.3) is 0 Å². The van der Waals surface area contributed by atoms with E-state index in [4.69, 9.17) is 15.2 Å². The lowest BCUT2D eigenvalue weighted by atomic mass is 9.84. The van der Waals surface area contributed by atoms with Crippen LogP contribution in [0, 0.1) is 5.41 Å². The van der Waals surface area contributed by atoms with E-state index in [1.54, 1.807) is 33.3 Å². The van der Waals surface area contributed by atoms with E-state index in [1.807, 2.05) is 6.07 Å². The van der Waals surface area contributed by atoms with E-state index in [0.29, 0.717) is 17.9 Å². The van der Waals surface area contributed by atoms with E-state index >= 15 is 0 Å². The normalized spacial score (nSPS) is 13.8. The van der Waals surface area contributed by atoms with Gasteiger partial charge in [-0.2, -0.15) is 0 Å². The average Bonchev–Trinajstić information content (AvgIpc) is 2.38. The van der Waals surface area contributed by atoms with E-state index in [2.05, 4.69) is 0 Å². The van der Waals surface area contributed by atoms with Crippen molar-refractivity contribution in [2.75, 3.05) is 20.8 Å². The predicted molar refractivity (Wildman–Crippen MR) is 68.0 cm³/mol. The Morgan fingerprint density at radius 2 is 1.94 bits per heavy atom. The summed E-state index contributed by atoms with van der Waals surface area (Å²) in [5.41, 5.74) is 5.42. The minimum absolute atomic E-state index is 0.0800. The van der Waals surface area contributed by atoms with Crippen molar-refractivity contribution in [3.8, 4) is 11.5 Å². The van der Waals surface area contributed by atoms with E-state index in [-0.39, 0.29) is 6.54 Å². The van der Waals surface area contributed by atoms with E-state index in [1.165, 1.54) is 0 Å². The number of benzene rings is 1. The van der Waals surface area contributed by atoms with Crippen LogP contribution < -0.4 is 15.2 Å². The topological polar surface area (TPSA) is 81.8 Å². The molecule has 0 aromatic heterocycles. The number of hydrogen-bond acceptors (Lipinski definition) is 4. The summed E-state index contributed by atoms with van der Waals surface area (Å²) in [5.74, 6) is 0.297. The van der Waals surface area contributed by atoms with Crippen molar-refractivity contribution in [1.82, 2.24) is 0 Å². The molecule has 0 saturated heterocycles. The lowest BCUT2D eigenvalue weighted by Crippen LogP contribution is -2.37. The molecule has 0 aliphatic carbocycles. The molecule has 1 rings (SSSR count). The average molecular weight is 253 g/mol. The molecule has 1 aromatic carbocycles. The highest BCUT2D eigenvalue weighted by atomic mass is 16.5. The van der Waals surface area contributed by atoms with Gasteiger partial charge in [0, 0.05) is 6.54 Å². The molecule has 18 heavy (non-hydrogen) atoms. The molecule has 1 unspecified atom stereocenters. The van der Waals surface area contributed by atoms with E-state index in [9.17, 15) is 9.90 Å². The van der Waals surface area contributed by atoms with Gasteiger partial charge in [-0.15, -0.1) is 0 Å². The van der Waals surface area contributed by atoms with Crippen molar-refractivity contribution >= 4 is 5.97 Å². The maximum atomic E-state index is 11.2. The highest BCUT2D eigenvalue weighted by Gasteiger charge is 2.31. The van der Waals surface area contributed by atoms with Crippen molar-refractivity contribution in [3.05, 3.63) is 23.8 Å². The summed E-state index contributed by atoms with van der Waals surface area (Å²) in [4.78, 5) is 11.2. The van der Waals surface area contributed by atoms with Crippen LogP contribution >= 0.6 is 0 Å². The molecule has 0 heterocycles. The molecule has 100 valence electrons. The number of carboxylic acids is 1. The third kappa shape index (κ3) is 2.92. The van der Waals surface area contributed by atoms with Crippen LogP contribution in [-0.2, 0) is 11.2 Å². The van der Waals surface area contributed by atoms with Gasteiger partial charge < -0.3 is 20.3 Å². The summed E-state index contributed by atoms with van der Waals surface area (Å²) in [6, 6.07) is 5.35. The first-order chi connectivity index (χ1) is 8.46. The van der Waals surface area contributed by atoms with Gasteiger partial charge in [-0.1, -0.05) is 6.07 Å². The highest BCUT2D eigenvalue weighted by molar-refractivity contribution is 5.75. The Kier molecular flexibility index (Phi) is 4.55. The van der Waals surface area contributed by atoms with Gasteiger partial charge in [0.2, 0.25) is 0 Å². The lowest BCUT2D eigenvalue weighted by molar-refractivity contribution is -0.147. The number of methoxy groups -OCH3 is 2. The molecular weight excluding hydrogens is 234 g/mol. The summed E-state index contributed by atoms with van der Waals surface area (Å²) < 4.78 is 10.3. The van der Waals surface area contributed by atoms with Gasteiger partial charge in [0.25, 0.3) is 0 Å². The fourth-order valence-corrected chi connectivity index (χ4v) is 1.68. The summed E-state index contributed by atoms with van der Waals surface area (Å²) in [7, 11) is 3.10. The summed E-state index contributed by atoms with van der Waals surface area (Å²) in [6.45, 7) is 1.71. The number of carbonyl (C=O) groups is 1. The summed E-state index contributed by atoms with van der Waals surface area (Å²) >= 11 is 0. The Hall–Kier alpha value is -1.75. The smallest absolute Gasteiger partial charge is 0.310 e. The molecule has 0 radical (unpaired) electrons. The van der Waals surface area contributed by atoms with Crippen molar-refractivity contribution in [1.29, 1.82) is 0 Å². The van der Waals surface area contributed by atoms with Crippen molar-refractivity contribution in [2.24, 2.45) is 11.1 Å². The van der Waals surface area contributed by atoms with Gasteiger partial charge in [0.05, 0.1) is 19.6 Å². The van der Waals surface area contributed by atoms with Crippen LogP contribution in [0.2, 0.25) is 0 Å². The largest absolute Gasteiger partial charge is 0.493 e. The monoisotopic (exact) mass is 253 g/mol. The van der Waals surface area contributed by atoms with Crippen molar-refractivity contribution in [3.63, 3.8) is 0 Å². The number of rotatable bonds is 6. The minimum atomic E-state index is -0.973. The number of aliphatic carboxylic acids is 1. The van der Waals surface area contributed by atoms with Crippen LogP contribution in [0.1, 0.15) is 12.5 Å². The SMILES string of the molecule is COc1ccc(CC(C)(CN)C(=O)O)cc1OC. The van der Waals surface area contributed by atoms with Crippen LogP contribution in [0.4, 0.5) is 0 Å². The van der Waals surface area contributed by atoms with Crippen LogP contribution in [0.3, 0.4) is 0 Å². The molecule has 0 saturated carbocycles. The Balaban J connectivity index is 3.01. The molecule has 5 heteroatoms. The van der Waals surface area contributed by atoms with Gasteiger partial charge in [0.15, 0.2) is 11.5 Å². The Bertz CT molecular complexity index is 433. The Morgan fingerprint density at radius 3 is 2.39 bits per heavy atom. The molecule has 0 fully saturated rings. The van der Waals surface area contributed by atoms with Gasteiger partial charge >= 0.3 is 5.97 Å². The van der Waals surface area contributed by atoms with Crippen molar-refractivity contribution in [2.45, 2.75) is 13.3 Å². The summed E-state index contributed by atoms with van der Waals surface area (Å²) in [6.07, 6.45) is 0.346. The standard InChI is InChI=1S/C13H19NO4/c1-13(8-14,12(15)16)7-9-4-5-10(17-2)11(6-9)18-3/h4-6H,7-8,14H2,1-3H3,(H,15,16). The quantitative estimate of drug-likeness (QED) is 0.798. The van der Waals surface area contributed by atoms with Crippen LogP contribution in [0.5, 0.6) is 11.5 Å². The van der Waals surface area contributed by atoms with Gasteiger partial charge in [-0.25, -0.2) is 0 Å². The fraction of sp³-hybridized carbons (Fsp3) is 0.462. The van der Waals surface area contributed by atoms with Gasteiger partial charge in [-0.3, -0.25) is 4.79 Å². The third-order valence-electron chi connectivity index (χ3n) is 3.01. The number of nitrogens with two attached hydrogens (primary N) is 1. The first-order valence-electron chi connectivity index (χ1n) is 5.61. The zero-order valence-corrected chi connectivity index (χ0v) is 10.9.